The lowest BCUT2D eigenvalue weighted by Gasteiger charge is -2.08. The number of ether oxygens (including phenoxy) is 1. The zero-order valence-electron chi connectivity index (χ0n) is 9.35. The van der Waals surface area contributed by atoms with Gasteiger partial charge in [-0.25, -0.2) is 9.97 Å². The summed E-state index contributed by atoms with van der Waals surface area (Å²) >= 11 is 5.76. The maximum absolute atomic E-state index is 5.76. The second kappa shape index (κ2) is 5.50. The van der Waals surface area contributed by atoms with Crippen LogP contribution in [0.2, 0.25) is 5.02 Å². The van der Waals surface area contributed by atoms with E-state index < -0.39 is 0 Å². The Morgan fingerprint density at radius 3 is 2.88 bits per heavy atom. The van der Waals surface area contributed by atoms with Gasteiger partial charge >= 0.3 is 0 Å². The summed E-state index contributed by atoms with van der Waals surface area (Å²) in [5.41, 5.74) is 0.978. The highest BCUT2D eigenvalue weighted by atomic mass is 35.5. The van der Waals surface area contributed by atoms with Gasteiger partial charge < -0.3 is 10.1 Å². The zero-order chi connectivity index (χ0) is 12.1. The van der Waals surface area contributed by atoms with E-state index in [-0.39, 0.29) is 0 Å². The van der Waals surface area contributed by atoms with Crippen molar-refractivity contribution in [1.29, 1.82) is 0 Å². The molecule has 88 valence electrons. The minimum atomic E-state index is 0.603. The molecule has 17 heavy (non-hydrogen) atoms. The molecule has 4 nitrogen and oxygen atoms in total. The first kappa shape index (κ1) is 11.7. The van der Waals surface area contributed by atoms with Crippen LogP contribution >= 0.6 is 11.6 Å². The fourth-order valence-electron chi connectivity index (χ4n) is 1.41. The molecular formula is C12H12ClN3O. The van der Waals surface area contributed by atoms with Gasteiger partial charge in [0.2, 0.25) is 5.88 Å². The van der Waals surface area contributed by atoms with Crippen molar-refractivity contribution in [3.63, 3.8) is 0 Å². The largest absolute Gasteiger partial charge is 0.481 e. The molecule has 0 radical (unpaired) electrons. The average molecular weight is 250 g/mol. The van der Waals surface area contributed by atoms with Gasteiger partial charge in [-0.05, 0) is 18.2 Å². The van der Waals surface area contributed by atoms with Crippen LogP contribution in [0.1, 0.15) is 5.56 Å². The quantitative estimate of drug-likeness (QED) is 0.905. The van der Waals surface area contributed by atoms with Gasteiger partial charge in [-0.3, -0.25) is 0 Å². The van der Waals surface area contributed by atoms with Gasteiger partial charge in [0.05, 0.1) is 12.1 Å². The lowest BCUT2D eigenvalue weighted by molar-refractivity contribution is 0.393. The molecule has 0 amide bonds. The maximum atomic E-state index is 5.76. The SMILES string of the molecule is COc1ncccc1CNc1ccc(Cl)cn1. The van der Waals surface area contributed by atoms with E-state index in [1.54, 1.807) is 25.6 Å². The highest BCUT2D eigenvalue weighted by molar-refractivity contribution is 6.30. The Morgan fingerprint density at radius 1 is 1.29 bits per heavy atom. The van der Waals surface area contributed by atoms with Crippen LogP contribution in [0.25, 0.3) is 0 Å². The molecule has 0 atom stereocenters. The Bertz CT molecular complexity index is 487. The number of hydrogen-bond donors (Lipinski definition) is 1. The van der Waals surface area contributed by atoms with E-state index in [4.69, 9.17) is 16.3 Å². The first-order chi connectivity index (χ1) is 8.29. The third kappa shape index (κ3) is 3.07. The van der Waals surface area contributed by atoms with Crippen molar-refractivity contribution in [3.05, 3.63) is 47.2 Å². The second-order valence-electron chi connectivity index (χ2n) is 3.39. The van der Waals surface area contributed by atoms with Crippen LogP contribution in [-0.4, -0.2) is 17.1 Å². The average Bonchev–Trinajstić information content (AvgIpc) is 2.38. The van der Waals surface area contributed by atoms with Gasteiger partial charge in [0.25, 0.3) is 0 Å². The summed E-state index contributed by atoms with van der Waals surface area (Å²) in [6.07, 6.45) is 3.30. The Hall–Kier alpha value is -1.81. The number of hydrogen-bond acceptors (Lipinski definition) is 4. The molecule has 1 N–H and O–H groups in total. The van der Waals surface area contributed by atoms with Crippen LogP contribution in [0.4, 0.5) is 5.82 Å². The highest BCUT2D eigenvalue weighted by Gasteiger charge is 2.02. The first-order valence-electron chi connectivity index (χ1n) is 5.13. The molecule has 0 aliphatic heterocycles. The van der Waals surface area contributed by atoms with Crippen LogP contribution in [0.3, 0.4) is 0 Å². The van der Waals surface area contributed by atoms with E-state index in [0.29, 0.717) is 17.4 Å². The zero-order valence-corrected chi connectivity index (χ0v) is 10.1. The summed E-state index contributed by atoms with van der Waals surface area (Å²) in [6.45, 7) is 0.603. The first-order valence-corrected chi connectivity index (χ1v) is 5.50. The number of rotatable bonds is 4. The predicted molar refractivity (Wildman–Crippen MR) is 67.4 cm³/mol. The summed E-state index contributed by atoms with van der Waals surface area (Å²) in [7, 11) is 1.60. The van der Waals surface area contributed by atoms with Gasteiger partial charge in [0.1, 0.15) is 5.82 Å². The van der Waals surface area contributed by atoms with Gasteiger partial charge in [-0.2, -0.15) is 0 Å². The van der Waals surface area contributed by atoms with Crippen LogP contribution in [-0.2, 0) is 6.54 Å². The molecule has 0 saturated heterocycles. The summed E-state index contributed by atoms with van der Waals surface area (Å²) in [4.78, 5) is 8.26. The third-order valence-corrected chi connectivity index (χ3v) is 2.45. The monoisotopic (exact) mass is 249 g/mol. The van der Waals surface area contributed by atoms with Gasteiger partial charge in [0, 0.05) is 24.5 Å². The molecule has 0 aliphatic carbocycles. The smallest absolute Gasteiger partial charge is 0.218 e. The van der Waals surface area contributed by atoms with Crippen molar-refractivity contribution in [2.75, 3.05) is 12.4 Å². The van der Waals surface area contributed by atoms with E-state index in [2.05, 4.69) is 15.3 Å². The van der Waals surface area contributed by atoms with Crippen molar-refractivity contribution in [2.45, 2.75) is 6.54 Å². The van der Waals surface area contributed by atoms with E-state index in [9.17, 15) is 0 Å². The number of nitrogens with one attached hydrogen (secondary N) is 1. The second-order valence-corrected chi connectivity index (χ2v) is 3.82. The summed E-state index contributed by atoms with van der Waals surface area (Å²) < 4.78 is 5.16. The summed E-state index contributed by atoms with van der Waals surface area (Å²) in [5, 5.41) is 3.79. The number of pyridine rings is 2. The van der Waals surface area contributed by atoms with Gasteiger partial charge in [-0.15, -0.1) is 0 Å². The van der Waals surface area contributed by atoms with Crippen molar-refractivity contribution in [3.8, 4) is 5.88 Å². The number of methoxy groups -OCH3 is 1. The molecule has 0 bridgehead atoms. The summed E-state index contributed by atoms with van der Waals surface area (Å²) in [6, 6.07) is 7.44. The number of aromatic nitrogens is 2. The minimum absolute atomic E-state index is 0.603. The van der Waals surface area contributed by atoms with Gasteiger partial charge in [0.15, 0.2) is 0 Å². The molecule has 2 heterocycles. The van der Waals surface area contributed by atoms with Crippen molar-refractivity contribution in [2.24, 2.45) is 0 Å². The Labute approximate surface area is 105 Å². The van der Waals surface area contributed by atoms with E-state index in [1.807, 2.05) is 18.2 Å². The van der Waals surface area contributed by atoms with Crippen molar-refractivity contribution in [1.82, 2.24) is 9.97 Å². The van der Waals surface area contributed by atoms with Crippen LogP contribution < -0.4 is 10.1 Å². The van der Waals surface area contributed by atoms with E-state index >= 15 is 0 Å². The fraction of sp³-hybridized carbons (Fsp3) is 0.167. The predicted octanol–water partition coefficient (Wildman–Crippen LogP) is 2.75. The minimum Gasteiger partial charge on any atom is -0.481 e. The molecule has 0 aliphatic rings. The van der Waals surface area contributed by atoms with Crippen LogP contribution in [0.5, 0.6) is 5.88 Å². The maximum Gasteiger partial charge on any atom is 0.218 e. The third-order valence-electron chi connectivity index (χ3n) is 2.23. The molecule has 5 heteroatoms. The Morgan fingerprint density at radius 2 is 2.18 bits per heavy atom. The van der Waals surface area contributed by atoms with Crippen molar-refractivity contribution < 1.29 is 4.74 Å². The molecule has 2 aromatic rings. The Balaban J connectivity index is 2.04. The molecule has 0 aromatic carbocycles. The van der Waals surface area contributed by atoms with Crippen LogP contribution in [0.15, 0.2) is 36.7 Å². The molecule has 2 aromatic heterocycles. The molecular weight excluding hydrogens is 238 g/mol. The molecule has 0 spiro atoms. The Kier molecular flexibility index (Phi) is 3.77. The van der Waals surface area contributed by atoms with E-state index in [0.717, 1.165) is 11.4 Å². The van der Waals surface area contributed by atoms with E-state index in [1.165, 1.54) is 0 Å². The normalized spacial score (nSPS) is 10.0. The molecule has 0 saturated carbocycles. The number of nitrogens with zero attached hydrogens (tertiary/aromatic N) is 2. The molecule has 0 unspecified atom stereocenters. The number of anilines is 1. The van der Waals surface area contributed by atoms with Gasteiger partial charge in [-0.1, -0.05) is 17.7 Å². The number of halogens is 1. The lowest BCUT2D eigenvalue weighted by Crippen LogP contribution is -2.03. The van der Waals surface area contributed by atoms with Crippen LogP contribution in [0, 0.1) is 0 Å². The molecule has 2 rings (SSSR count). The topological polar surface area (TPSA) is 47.0 Å². The summed E-state index contributed by atoms with van der Waals surface area (Å²) in [5.74, 6) is 1.38. The fourth-order valence-corrected chi connectivity index (χ4v) is 1.52. The lowest BCUT2D eigenvalue weighted by atomic mass is 10.2. The molecule has 0 fully saturated rings. The van der Waals surface area contributed by atoms with Crippen molar-refractivity contribution >= 4 is 17.4 Å². The standard InChI is InChI=1S/C12H12ClN3O/c1-17-12-9(3-2-6-14-12)7-15-11-5-4-10(13)8-16-11/h2-6,8H,7H2,1H3,(H,15,16). The highest BCUT2D eigenvalue weighted by Crippen LogP contribution is 2.16.